The van der Waals surface area contributed by atoms with Crippen LogP contribution in [0.15, 0.2) is 60.2 Å². The molecule has 0 saturated carbocycles. The largest absolute Gasteiger partial charge is 0.466 e. The van der Waals surface area contributed by atoms with Crippen molar-refractivity contribution >= 4 is 23.6 Å². The molecule has 3 nitrogen and oxygen atoms in total. The van der Waals surface area contributed by atoms with Crippen LogP contribution in [0.1, 0.15) is 11.1 Å². The highest BCUT2D eigenvalue weighted by molar-refractivity contribution is 6.30. The summed E-state index contributed by atoms with van der Waals surface area (Å²) in [4.78, 5) is 11.9. The molecule has 4 heteroatoms. The summed E-state index contributed by atoms with van der Waals surface area (Å²) in [6.07, 6.45) is 1.81. The van der Waals surface area contributed by atoms with Crippen molar-refractivity contribution in [1.29, 1.82) is 0 Å². The van der Waals surface area contributed by atoms with Gasteiger partial charge in [0.2, 0.25) is 0 Å². The smallest absolute Gasteiger partial charge is 0.335 e. The summed E-state index contributed by atoms with van der Waals surface area (Å²) < 4.78 is 4.84. The van der Waals surface area contributed by atoms with Crippen LogP contribution in [-0.4, -0.2) is 19.6 Å². The first-order valence-electron chi connectivity index (χ1n) is 6.98. The number of carbonyl (C=O) groups is 1. The molecule has 0 unspecified atom stereocenters. The van der Waals surface area contributed by atoms with Gasteiger partial charge in [-0.25, -0.2) is 4.79 Å². The van der Waals surface area contributed by atoms with Gasteiger partial charge in [-0.3, -0.25) is 0 Å². The molecule has 2 aromatic rings. The molecule has 1 N–H and O–H groups in total. The number of methoxy groups -OCH3 is 1. The van der Waals surface area contributed by atoms with Crippen molar-refractivity contribution < 1.29 is 9.53 Å². The van der Waals surface area contributed by atoms with E-state index in [-0.39, 0.29) is 5.97 Å². The lowest BCUT2D eigenvalue weighted by molar-refractivity contribution is -0.136. The van der Waals surface area contributed by atoms with E-state index < -0.39 is 0 Å². The summed E-state index contributed by atoms with van der Waals surface area (Å²) in [5, 5.41) is 3.92. The molecule has 114 valence electrons. The van der Waals surface area contributed by atoms with Gasteiger partial charge in [0.1, 0.15) is 0 Å². The van der Waals surface area contributed by atoms with Crippen LogP contribution in [-0.2, 0) is 16.1 Å². The molecule has 0 bridgehead atoms. The van der Waals surface area contributed by atoms with E-state index >= 15 is 0 Å². The Morgan fingerprint density at radius 2 is 1.82 bits per heavy atom. The fourth-order valence-electron chi connectivity index (χ4n) is 2.01. The Morgan fingerprint density at radius 3 is 2.45 bits per heavy atom. The van der Waals surface area contributed by atoms with Gasteiger partial charge >= 0.3 is 5.97 Å². The van der Waals surface area contributed by atoms with Crippen molar-refractivity contribution in [2.75, 3.05) is 13.7 Å². The van der Waals surface area contributed by atoms with Gasteiger partial charge in [-0.15, -0.1) is 0 Å². The lowest BCUT2D eigenvalue weighted by Crippen LogP contribution is -2.21. The first-order chi connectivity index (χ1) is 10.7. The summed E-state index contributed by atoms with van der Waals surface area (Å²) in [5.74, 6) is -0.337. The Kier molecular flexibility index (Phi) is 6.19. The number of halogens is 1. The maximum Gasteiger partial charge on any atom is 0.335 e. The van der Waals surface area contributed by atoms with Crippen LogP contribution >= 0.6 is 11.6 Å². The zero-order valence-corrected chi connectivity index (χ0v) is 13.1. The Morgan fingerprint density at radius 1 is 1.14 bits per heavy atom. The van der Waals surface area contributed by atoms with E-state index in [1.54, 1.807) is 18.2 Å². The van der Waals surface area contributed by atoms with Crippen molar-refractivity contribution in [3.05, 3.63) is 76.3 Å². The van der Waals surface area contributed by atoms with Gasteiger partial charge in [0.15, 0.2) is 0 Å². The third kappa shape index (κ3) is 5.02. The third-order valence-electron chi connectivity index (χ3n) is 3.15. The van der Waals surface area contributed by atoms with Crippen molar-refractivity contribution in [2.45, 2.75) is 6.54 Å². The third-order valence-corrected chi connectivity index (χ3v) is 3.40. The van der Waals surface area contributed by atoms with Crippen LogP contribution in [0.3, 0.4) is 0 Å². The van der Waals surface area contributed by atoms with Crippen LogP contribution in [0.2, 0.25) is 5.02 Å². The fourth-order valence-corrected chi connectivity index (χ4v) is 2.14. The topological polar surface area (TPSA) is 38.3 Å². The van der Waals surface area contributed by atoms with E-state index in [4.69, 9.17) is 16.3 Å². The van der Waals surface area contributed by atoms with Crippen molar-refractivity contribution in [1.82, 2.24) is 5.32 Å². The lowest BCUT2D eigenvalue weighted by Gasteiger charge is -2.08. The molecule has 0 heterocycles. The van der Waals surface area contributed by atoms with Crippen molar-refractivity contribution in [3.8, 4) is 0 Å². The summed E-state index contributed by atoms with van der Waals surface area (Å²) >= 11 is 5.86. The molecule has 0 aromatic heterocycles. The van der Waals surface area contributed by atoms with E-state index in [2.05, 4.69) is 5.32 Å². The number of esters is 1. The standard InChI is InChI=1S/C18H18ClNO2/c1-22-18(21)16(11-14-7-9-17(19)10-8-14)13-20-12-15-5-3-2-4-6-15/h2-11,20H,12-13H2,1H3/b16-11+. The summed E-state index contributed by atoms with van der Waals surface area (Å²) in [6.45, 7) is 1.12. The van der Waals surface area contributed by atoms with Crippen LogP contribution in [0.5, 0.6) is 0 Å². The molecular formula is C18H18ClNO2. The van der Waals surface area contributed by atoms with E-state index in [9.17, 15) is 4.79 Å². The minimum Gasteiger partial charge on any atom is -0.466 e. The molecule has 0 saturated heterocycles. The maximum atomic E-state index is 11.9. The van der Waals surface area contributed by atoms with Gasteiger partial charge in [0.05, 0.1) is 12.7 Å². The van der Waals surface area contributed by atoms with Crippen molar-refractivity contribution in [2.24, 2.45) is 0 Å². The molecule has 0 aliphatic heterocycles. The van der Waals surface area contributed by atoms with Gasteiger partial charge in [0, 0.05) is 18.1 Å². The number of nitrogens with one attached hydrogen (secondary N) is 1. The minimum absolute atomic E-state index is 0.337. The Bertz CT molecular complexity index is 636. The second-order valence-electron chi connectivity index (χ2n) is 4.80. The summed E-state index contributed by atoms with van der Waals surface area (Å²) in [6, 6.07) is 17.3. The first kappa shape index (κ1) is 16.3. The normalized spacial score (nSPS) is 11.3. The van der Waals surface area contributed by atoms with Gasteiger partial charge in [-0.05, 0) is 29.3 Å². The molecule has 0 spiro atoms. The van der Waals surface area contributed by atoms with Crippen molar-refractivity contribution in [3.63, 3.8) is 0 Å². The van der Waals surface area contributed by atoms with E-state index in [0.717, 1.165) is 5.56 Å². The molecule has 0 aliphatic rings. The number of ether oxygens (including phenoxy) is 1. The minimum atomic E-state index is -0.337. The molecule has 0 radical (unpaired) electrons. The second-order valence-corrected chi connectivity index (χ2v) is 5.24. The van der Waals surface area contributed by atoms with Gasteiger partial charge in [-0.2, -0.15) is 0 Å². The molecule has 0 aliphatic carbocycles. The molecule has 2 rings (SSSR count). The molecule has 0 fully saturated rings. The fraction of sp³-hybridized carbons (Fsp3) is 0.167. The Labute approximate surface area is 135 Å². The highest BCUT2D eigenvalue weighted by Gasteiger charge is 2.09. The summed E-state index contributed by atoms with van der Waals surface area (Å²) in [5.41, 5.74) is 2.64. The molecule has 2 aromatic carbocycles. The van der Waals surface area contributed by atoms with Crippen LogP contribution in [0, 0.1) is 0 Å². The average molecular weight is 316 g/mol. The maximum absolute atomic E-state index is 11.9. The number of hydrogen-bond donors (Lipinski definition) is 1. The van der Waals surface area contributed by atoms with Gasteiger partial charge < -0.3 is 10.1 Å². The number of rotatable bonds is 6. The van der Waals surface area contributed by atoms with E-state index in [0.29, 0.717) is 23.7 Å². The van der Waals surface area contributed by atoms with Crippen LogP contribution < -0.4 is 5.32 Å². The van der Waals surface area contributed by atoms with E-state index in [1.165, 1.54) is 12.7 Å². The number of benzene rings is 2. The van der Waals surface area contributed by atoms with Crippen LogP contribution in [0.4, 0.5) is 0 Å². The molecule has 0 amide bonds. The highest BCUT2D eigenvalue weighted by Crippen LogP contribution is 2.13. The monoisotopic (exact) mass is 315 g/mol. The quantitative estimate of drug-likeness (QED) is 0.652. The average Bonchev–Trinajstić information content (AvgIpc) is 2.56. The number of hydrogen-bond acceptors (Lipinski definition) is 3. The zero-order valence-electron chi connectivity index (χ0n) is 12.4. The molecule has 22 heavy (non-hydrogen) atoms. The molecule has 0 atom stereocenters. The zero-order chi connectivity index (χ0) is 15.8. The SMILES string of the molecule is COC(=O)/C(=C/c1ccc(Cl)cc1)CNCc1ccccc1. The Hall–Kier alpha value is -2.10. The van der Waals surface area contributed by atoms with E-state index in [1.807, 2.05) is 42.5 Å². The predicted octanol–water partition coefficient (Wildman–Crippen LogP) is 3.69. The van der Waals surface area contributed by atoms with Crippen LogP contribution in [0.25, 0.3) is 6.08 Å². The van der Waals surface area contributed by atoms with Gasteiger partial charge in [0.25, 0.3) is 0 Å². The lowest BCUT2D eigenvalue weighted by atomic mass is 10.1. The number of carbonyl (C=O) groups excluding carboxylic acids is 1. The Balaban J connectivity index is 2.03. The predicted molar refractivity (Wildman–Crippen MR) is 89.6 cm³/mol. The highest BCUT2D eigenvalue weighted by atomic mass is 35.5. The second kappa shape index (κ2) is 8.37. The molecular weight excluding hydrogens is 298 g/mol. The van der Waals surface area contributed by atoms with Gasteiger partial charge in [-0.1, -0.05) is 54.1 Å². The summed E-state index contributed by atoms with van der Waals surface area (Å²) in [7, 11) is 1.38. The first-order valence-corrected chi connectivity index (χ1v) is 7.36.